The number of thioether (sulfide) groups is 1. The minimum atomic E-state index is -0.262. The van der Waals surface area contributed by atoms with E-state index in [-0.39, 0.29) is 11.2 Å². The summed E-state index contributed by atoms with van der Waals surface area (Å²) in [6.07, 6.45) is 0. The number of nitrogens with two attached hydrogens (primary N) is 1. The van der Waals surface area contributed by atoms with Crippen LogP contribution < -0.4 is 11.1 Å². The lowest BCUT2D eigenvalue weighted by atomic mass is 10.0. The molecule has 7 heteroatoms. The van der Waals surface area contributed by atoms with Gasteiger partial charge < -0.3 is 11.1 Å². The maximum atomic E-state index is 12.1. The zero-order chi connectivity index (χ0) is 15.4. The van der Waals surface area contributed by atoms with E-state index in [2.05, 4.69) is 29.4 Å². The monoisotopic (exact) mass is 322 g/mol. The number of hydrogen-bond donors (Lipinski definition) is 2. The van der Waals surface area contributed by atoms with Crippen molar-refractivity contribution in [1.82, 2.24) is 10.2 Å². The SMILES string of the molecule is CC(C)c1ccc(NC(=O)[C@H](C)Sc2nnc(N)s2)cc1. The Kier molecular flexibility index (Phi) is 5.19. The van der Waals surface area contributed by atoms with Crippen LogP contribution in [0.4, 0.5) is 10.8 Å². The van der Waals surface area contributed by atoms with E-state index in [1.807, 2.05) is 31.2 Å². The van der Waals surface area contributed by atoms with Gasteiger partial charge in [0.25, 0.3) is 0 Å². The molecule has 0 radical (unpaired) electrons. The van der Waals surface area contributed by atoms with Gasteiger partial charge in [-0.15, -0.1) is 10.2 Å². The van der Waals surface area contributed by atoms with Crippen molar-refractivity contribution in [3.05, 3.63) is 29.8 Å². The smallest absolute Gasteiger partial charge is 0.237 e. The second-order valence-electron chi connectivity index (χ2n) is 4.93. The molecule has 1 heterocycles. The van der Waals surface area contributed by atoms with E-state index >= 15 is 0 Å². The molecule has 0 bridgehead atoms. The number of carbonyl (C=O) groups is 1. The summed E-state index contributed by atoms with van der Waals surface area (Å²) in [7, 11) is 0. The summed E-state index contributed by atoms with van der Waals surface area (Å²) in [4.78, 5) is 12.1. The van der Waals surface area contributed by atoms with Crippen molar-refractivity contribution in [2.45, 2.75) is 36.3 Å². The summed E-state index contributed by atoms with van der Waals surface area (Å²) in [6.45, 7) is 6.11. The average molecular weight is 322 g/mol. The van der Waals surface area contributed by atoms with Crippen LogP contribution in [0.5, 0.6) is 0 Å². The Bertz CT molecular complexity index is 610. The van der Waals surface area contributed by atoms with Crippen molar-refractivity contribution < 1.29 is 4.79 Å². The predicted octanol–water partition coefficient (Wildman–Crippen LogP) is 3.36. The van der Waals surface area contributed by atoms with Crippen LogP contribution >= 0.6 is 23.1 Å². The molecule has 1 atom stereocenters. The molecule has 2 rings (SSSR count). The summed E-state index contributed by atoms with van der Waals surface area (Å²) in [6, 6.07) is 7.91. The first-order valence-electron chi connectivity index (χ1n) is 6.62. The molecule has 1 aromatic heterocycles. The van der Waals surface area contributed by atoms with Crippen LogP contribution in [-0.4, -0.2) is 21.4 Å². The Hall–Kier alpha value is -1.60. The number of nitrogens with one attached hydrogen (secondary N) is 1. The molecule has 0 aliphatic rings. The van der Waals surface area contributed by atoms with E-state index < -0.39 is 0 Å². The Morgan fingerprint density at radius 3 is 2.43 bits per heavy atom. The van der Waals surface area contributed by atoms with Gasteiger partial charge in [0.2, 0.25) is 11.0 Å². The third-order valence-corrected chi connectivity index (χ3v) is 4.85. The lowest BCUT2D eigenvalue weighted by Gasteiger charge is -2.11. The van der Waals surface area contributed by atoms with Gasteiger partial charge in [0.15, 0.2) is 4.34 Å². The molecule has 2 aromatic rings. The van der Waals surface area contributed by atoms with Gasteiger partial charge in [-0.05, 0) is 30.5 Å². The Labute approximate surface area is 132 Å². The second-order valence-corrected chi connectivity index (χ2v) is 7.53. The highest BCUT2D eigenvalue weighted by molar-refractivity contribution is 8.02. The van der Waals surface area contributed by atoms with Gasteiger partial charge in [-0.25, -0.2) is 0 Å². The number of nitrogens with zero attached hydrogens (tertiary/aromatic N) is 2. The van der Waals surface area contributed by atoms with Crippen LogP contribution in [0.1, 0.15) is 32.3 Å². The molecular weight excluding hydrogens is 304 g/mol. The van der Waals surface area contributed by atoms with Crippen LogP contribution in [0.25, 0.3) is 0 Å². The van der Waals surface area contributed by atoms with E-state index in [9.17, 15) is 4.79 Å². The number of aromatic nitrogens is 2. The summed E-state index contributed by atoms with van der Waals surface area (Å²) in [5.74, 6) is 0.415. The highest BCUT2D eigenvalue weighted by Gasteiger charge is 2.17. The summed E-state index contributed by atoms with van der Waals surface area (Å²) >= 11 is 2.64. The Morgan fingerprint density at radius 1 is 1.24 bits per heavy atom. The quantitative estimate of drug-likeness (QED) is 0.825. The molecule has 3 N–H and O–H groups in total. The number of hydrogen-bond acceptors (Lipinski definition) is 6. The fourth-order valence-electron chi connectivity index (χ4n) is 1.67. The summed E-state index contributed by atoms with van der Waals surface area (Å²) < 4.78 is 0.699. The fraction of sp³-hybridized carbons (Fsp3) is 0.357. The van der Waals surface area contributed by atoms with E-state index in [4.69, 9.17) is 5.73 Å². The zero-order valence-corrected chi connectivity index (χ0v) is 13.8. The van der Waals surface area contributed by atoms with Crippen molar-refractivity contribution in [3.63, 3.8) is 0 Å². The number of carbonyl (C=O) groups excluding carboxylic acids is 1. The van der Waals surface area contributed by atoms with E-state index in [0.717, 1.165) is 5.69 Å². The zero-order valence-electron chi connectivity index (χ0n) is 12.2. The predicted molar refractivity (Wildman–Crippen MR) is 88.8 cm³/mol. The number of anilines is 2. The van der Waals surface area contributed by atoms with Crippen LogP contribution in [0, 0.1) is 0 Å². The average Bonchev–Trinajstić information content (AvgIpc) is 2.84. The topological polar surface area (TPSA) is 80.9 Å². The largest absolute Gasteiger partial charge is 0.374 e. The van der Waals surface area contributed by atoms with Crippen LogP contribution in [0.15, 0.2) is 28.6 Å². The first-order chi connectivity index (χ1) is 9.95. The lowest BCUT2D eigenvalue weighted by molar-refractivity contribution is -0.115. The fourth-order valence-corrected chi connectivity index (χ4v) is 3.45. The first kappa shape index (κ1) is 15.8. The molecule has 21 heavy (non-hydrogen) atoms. The minimum Gasteiger partial charge on any atom is -0.374 e. The highest BCUT2D eigenvalue weighted by atomic mass is 32.2. The Balaban J connectivity index is 1.93. The van der Waals surface area contributed by atoms with Gasteiger partial charge >= 0.3 is 0 Å². The van der Waals surface area contributed by atoms with Gasteiger partial charge in [-0.3, -0.25) is 4.79 Å². The maximum Gasteiger partial charge on any atom is 0.237 e. The molecule has 0 aliphatic carbocycles. The third kappa shape index (κ3) is 4.44. The van der Waals surface area contributed by atoms with E-state index in [1.54, 1.807) is 0 Å². The molecule has 0 spiro atoms. The lowest BCUT2D eigenvalue weighted by Crippen LogP contribution is -2.22. The van der Waals surface area contributed by atoms with Gasteiger partial charge in [0.1, 0.15) is 0 Å². The van der Waals surface area contributed by atoms with Crippen LogP contribution in [-0.2, 0) is 4.79 Å². The van der Waals surface area contributed by atoms with Gasteiger partial charge in [0.05, 0.1) is 5.25 Å². The number of nitrogen functional groups attached to an aromatic ring is 1. The van der Waals surface area contributed by atoms with Crippen molar-refractivity contribution in [2.24, 2.45) is 0 Å². The number of benzene rings is 1. The van der Waals surface area contributed by atoms with Gasteiger partial charge in [-0.1, -0.05) is 49.1 Å². The van der Waals surface area contributed by atoms with Gasteiger partial charge in [0, 0.05) is 5.69 Å². The Morgan fingerprint density at radius 2 is 1.90 bits per heavy atom. The maximum absolute atomic E-state index is 12.1. The molecule has 0 unspecified atom stereocenters. The van der Waals surface area contributed by atoms with Crippen molar-refractivity contribution in [2.75, 3.05) is 11.1 Å². The van der Waals surface area contributed by atoms with Gasteiger partial charge in [-0.2, -0.15) is 0 Å². The number of amides is 1. The van der Waals surface area contributed by atoms with Crippen LogP contribution in [0.2, 0.25) is 0 Å². The van der Waals surface area contributed by atoms with Crippen molar-refractivity contribution in [3.8, 4) is 0 Å². The molecule has 0 fully saturated rings. The molecule has 112 valence electrons. The van der Waals surface area contributed by atoms with Crippen LogP contribution in [0.3, 0.4) is 0 Å². The molecule has 0 saturated carbocycles. The van der Waals surface area contributed by atoms with Crippen molar-refractivity contribution in [1.29, 1.82) is 0 Å². The highest BCUT2D eigenvalue weighted by Crippen LogP contribution is 2.28. The van der Waals surface area contributed by atoms with E-state index in [1.165, 1.54) is 28.7 Å². The summed E-state index contributed by atoms with van der Waals surface area (Å²) in [5.41, 5.74) is 7.57. The van der Waals surface area contributed by atoms with E-state index in [0.29, 0.717) is 15.4 Å². The molecule has 1 amide bonds. The molecule has 0 saturated heterocycles. The molecule has 0 aliphatic heterocycles. The standard InChI is InChI=1S/C14H18N4OS2/c1-8(2)10-4-6-11(7-5-10)16-12(19)9(3)20-14-18-17-13(15)21-14/h4-9H,1-3H3,(H2,15,17)(H,16,19)/t9-/m0/s1. The second kappa shape index (κ2) is 6.91. The molecule has 1 aromatic carbocycles. The molecular formula is C14H18N4OS2. The number of rotatable bonds is 5. The summed E-state index contributed by atoms with van der Waals surface area (Å²) in [5, 5.41) is 10.7. The normalized spacial score (nSPS) is 12.4. The molecule has 5 nitrogen and oxygen atoms in total. The third-order valence-electron chi connectivity index (χ3n) is 2.91. The first-order valence-corrected chi connectivity index (χ1v) is 8.32. The minimum absolute atomic E-state index is 0.0638. The van der Waals surface area contributed by atoms with Crippen molar-refractivity contribution >= 4 is 39.8 Å².